The largest absolute Gasteiger partial charge is 0.496 e. The molecule has 1 saturated heterocycles. The summed E-state index contributed by atoms with van der Waals surface area (Å²) < 4.78 is 5.28. The molecule has 7 heteroatoms. The monoisotopic (exact) mass is 409 g/mol. The van der Waals surface area contributed by atoms with Crippen molar-refractivity contribution in [1.82, 2.24) is 15.5 Å². The van der Waals surface area contributed by atoms with E-state index in [0.29, 0.717) is 17.7 Å². The summed E-state index contributed by atoms with van der Waals surface area (Å²) in [6.45, 7) is 3.88. The summed E-state index contributed by atoms with van der Waals surface area (Å²) >= 11 is 0. The zero-order valence-electron chi connectivity index (χ0n) is 17.5. The minimum Gasteiger partial charge on any atom is -0.496 e. The van der Waals surface area contributed by atoms with Crippen LogP contribution in [0.4, 0.5) is 4.79 Å². The summed E-state index contributed by atoms with van der Waals surface area (Å²) in [6, 6.07) is 16.0. The molecule has 3 rings (SSSR count). The van der Waals surface area contributed by atoms with Gasteiger partial charge in [0.2, 0.25) is 5.91 Å². The van der Waals surface area contributed by atoms with Gasteiger partial charge in [-0.1, -0.05) is 62.4 Å². The zero-order valence-corrected chi connectivity index (χ0v) is 17.5. The van der Waals surface area contributed by atoms with E-state index in [4.69, 9.17) is 4.74 Å². The number of ether oxygens (including phenoxy) is 1. The number of nitrogens with zero attached hydrogens (tertiary/aromatic N) is 1. The third-order valence-electron chi connectivity index (χ3n) is 5.13. The van der Waals surface area contributed by atoms with Crippen molar-refractivity contribution in [2.45, 2.75) is 32.4 Å². The van der Waals surface area contributed by atoms with Crippen LogP contribution in [0.1, 0.15) is 31.4 Å². The molecular weight excluding hydrogens is 382 g/mol. The molecule has 0 spiro atoms. The lowest BCUT2D eigenvalue weighted by Crippen LogP contribution is -2.46. The summed E-state index contributed by atoms with van der Waals surface area (Å²) in [6.07, 6.45) is 0.445. The van der Waals surface area contributed by atoms with Crippen molar-refractivity contribution in [1.29, 1.82) is 0 Å². The van der Waals surface area contributed by atoms with E-state index in [2.05, 4.69) is 10.6 Å². The predicted octanol–water partition coefficient (Wildman–Crippen LogP) is 2.80. The van der Waals surface area contributed by atoms with E-state index in [-0.39, 0.29) is 19.0 Å². The molecule has 2 aromatic carbocycles. The number of hydrogen-bond acceptors (Lipinski definition) is 4. The fourth-order valence-electron chi connectivity index (χ4n) is 3.80. The van der Waals surface area contributed by atoms with Crippen LogP contribution in [0, 0.1) is 5.92 Å². The number of imide groups is 1. The van der Waals surface area contributed by atoms with Crippen LogP contribution in [-0.2, 0) is 21.7 Å². The van der Waals surface area contributed by atoms with E-state index < -0.39 is 23.4 Å². The Morgan fingerprint density at radius 1 is 1.10 bits per heavy atom. The molecule has 158 valence electrons. The van der Waals surface area contributed by atoms with Crippen molar-refractivity contribution in [2.24, 2.45) is 5.92 Å². The van der Waals surface area contributed by atoms with Gasteiger partial charge in [0.1, 0.15) is 17.8 Å². The Balaban J connectivity index is 1.74. The Labute approximate surface area is 176 Å². The molecule has 1 unspecified atom stereocenters. The number of carbonyl (C=O) groups is 3. The average molecular weight is 409 g/mol. The van der Waals surface area contributed by atoms with Gasteiger partial charge in [0.15, 0.2) is 0 Å². The first-order chi connectivity index (χ1) is 14.4. The number of rotatable bonds is 8. The van der Waals surface area contributed by atoms with Crippen LogP contribution in [0.2, 0.25) is 0 Å². The molecule has 0 saturated carbocycles. The smallest absolute Gasteiger partial charge is 0.325 e. The first kappa shape index (κ1) is 21.4. The molecule has 0 aliphatic carbocycles. The van der Waals surface area contributed by atoms with Crippen LogP contribution in [-0.4, -0.2) is 36.4 Å². The van der Waals surface area contributed by atoms with Crippen molar-refractivity contribution in [2.75, 3.05) is 13.7 Å². The van der Waals surface area contributed by atoms with Crippen LogP contribution in [0.5, 0.6) is 5.75 Å². The van der Waals surface area contributed by atoms with Gasteiger partial charge in [-0.05, 0) is 24.0 Å². The molecule has 2 N–H and O–H groups in total. The summed E-state index contributed by atoms with van der Waals surface area (Å²) in [7, 11) is 1.56. The molecule has 0 bridgehead atoms. The standard InChI is InChI=1S/C23H27N3O4/c1-16(2)13-23(18-10-5-4-6-11-18)21(28)26(22(29)25-23)15-20(27)24-14-17-9-7-8-12-19(17)30-3/h4-12,16H,13-15H2,1-3H3,(H,24,27)(H,25,29). The second-order valence-electron chi connectivity index (χ2n) is 7.78. The highest BCUT2D eigenvalue weighted by Gasteiger charge is 2.52. The summed E-state index contributed by atoms with van der Waals surface area (Å²) in [5.41, 5.74) is 0.369. The fraction of sp³-hybridized carbons (Fsp3) is 0.348. The first-order valence-electron chi connectivity index (χ1n) is 9.95. The number of nitrogens with one attached hydrogen (secondary N) is 2. The average Bonchev–Trinajstić information content (AvgIpc) is 2.97. The van der Waals surface area contributed by atoms with Crippen LogP contribution in [0.25, 0.3) is 0 Å². The van der Waals surface area contributed by atoms with Gasteiger partial charge in [-0.3, -0.25) is 14.5 Å². The highest BCUT2D eigenvalue weighted by molar-refractivity contribution is 6.09. The quantitative estimate of drug-likeness (QED) is 0.657. The third kappa shape index (κ3) is 4.30. The molecule has 1 aliphatic heterocycles. The number of urea groups is 1. The summed E-state index contributed by atoms with van der Waals surface area (Å²) in [5.74, 6) is -0.000690. The predicted molar refractivity (Wildman–Crippen MR) is 113 cm³/mol. The molecule has 1 heterocycles. The van der Waals surface area contributed by atoms with Crippen LogP contribution >= 0.6 is 0 Å². The Kier molecular flexibility index (Phi) is 6.40. The maximum Gasteiger partial charge on any atom is 0.325 e. The van der Waals surface area contributed by atoms with Gasteiger partial charge in [0.25, 0.3) is 5.91 Å². The lowest BCUT2D eigenvalue weighted by Gasteiger charge is -2.29. The zero-order chi connectivity index (χ0) is 21.7. The Hall–Kier alpha value is -3.35. The van der Waals surface area contributed by atoms with Gasteiger partial charge in [-0.15, -0.1) is 0 Å². The second-order valence-corrected chi connectivity index (χ2v) is 7.78. The van der Waals surface area contributed by atoms with Gasteiger partial charge in [-0.25, -0.2) is 4.79 Å². The molecule has 30 heavy (non-hydrogen) atoms. The van der Waals surface area contributed by atoms with Gasteiger partial charge in [-0.2, -0.15) is 0 Å². The lowest BCUT2D eigenvalue weighted by atomic mass is 9.82. The van der Waals surface area contributed by atoms with Gasteiger partial charge >= 0.3 is 6.03 Å². The number of carbonyl (C=O) groups excluding carboxylic acids is 3. The van der Waals surface area contributed by atoms with E-state index in [0.717, 1.165) is 10.5 Å². The molecule has 7 nitrogen and oxygen atoms in total. The van der Waals surface area contributed by atoms with Crippen LogP contribution < -0.4 is 15.4 Å². The molecular formula is C23H27N3O4. The number of methoxy groups -OCH3 is 1. The number of para-hydroxylation sites is 1. The van der Waals surface area contributed by atoms with Crippen molar-refractivity contribution in [3.63, 3.8) is 0 Å². The normalized spacial score (nSPS) is 18.5. The molecule has 1 atom stereocenters. The highest BCUT2D eigenvalue weighted by Crippen LogP contribution is 2.35. The lowest BCUT2D eigenvalue weighted by molar-refractivity contribution is -0.135. The number of amides is 4. The summed E-state index contributed by atoms with van der Waals surface area (Å²) in [5, 5.41) is 5.61. The van der Waals surface area contributed by atoms with E-state index in [1.807, 2.05) is 62.4 Å². The van der Waals surface area contributed by atoms with E-state index in [1.54, 1.807) is 13.2 Å². The fourth-order valence-corrected chi connectivity index (χ4v) is 3.80. The number of benzene rings is 2. The molecule has 0 aromatic heterocycles. The maximum atomic E-state index is 13.3. The van der Waals surface area contributed by atoms with E-state index in [1.165, 1.54) is 0 Å². The van der Waals surface area contributed by atoms with Crippen LogP contribution in [0.3, 0.4) is 0 Å². The summed E-state index contributed by atoms with van der Waals surface area (Å²) in [4.78, 5) is 39.5. The maximum absolute atomic E-state index is 13.3. The first-order valence-corrected chi connectivity index (χ1v) is 9.95. The Morgan fingerprint density at radius 2 is 1.77 bits per heavy atom. The Morgan fingerprint density at radius 3 is 2.43 bits per heavy atom. The van der Waals surface area contributed by atoms with Gasteiger partial charge in [0.05, 0.1) is 7.11 Å². The Bertz CT molecular complexity index is 929. The molecule has 0 radical (unpaired) electrons. The number of hydrogen-bond donors (Lipinski definition) is 2. The van der Waals surface area contributed by atoms with Gasteiger partial charge < -0.3 is 15.4 Å². The minimum absolute atomic E-state index is 0.161. The minimum atomic E-state index is -1.16. The molecule has 4 amide bonds. The van der Waals surface area contributed by atoms with Crippen molar-refractivity contribution >= 4 is 17.8 Å². The molecule has 2 aromatic rings. The van der Waals surface area contributed by atoms with Crippen LogP contribution in [0.15, 0.2) is 54.6 Å². The second kappa shape index (κ2) is 8.98. The van der Waals surface area contributed by atoms with E-state index >= 15 is 0 Å². The molecule has 1 fully saturated rings. The molecule has 1 aliphatic rings. The third-order valence-corrected chi connectivity index (χ3v) is 5.13. The van der Waals surface area contributed by atoms with Crippen molar-refractivity contribution < 1.29 is 19.1 Å². The van der Waals surface area contributed by atoms with Gasteiger partial charge in [0, 0.05) is 12.1 Å². The van der Waals surface area contributed by atoms with E-state index in [9.17, 15) is 14.4 Å². The topological polar surface area (TPSA) is 87.7 Å². The van der Waals surface area contributed by atoms with Crippen molar-refractivity contribution in [3.8, 4) is 5.75 Å². The SMILES string of the molecule is COc1ccccc1CNC(=O)CN1C(=O)NC(CC(C)C)(c2ccccc2)C1=O. The highest BCUT2D eigenvalue weighted by atomic mass is 16.5. The van der Waals surface area contributed by atoms with Crippen molar-refractivity contribution in [3.05, 3.63) is 65.7 Å².